The van der Waals surface area contributed by atoms with Crippen LogP contribution in [0.4, 0.5) is 4.39 Å². The van der Waals surface area contributed by atoms with Crippen LogP contribution in [0, 0.1) is 11.7 Å². The average molecular weight is 372 g/mol. The van der Waals surface area contributed by atoms with Gasteiger partial charge in [-0.05, 0) is 42.2 Å². The Bertz CT molecular complexity index is 775. The number of carbonyl (C=O) groups is 2. The fourth-order valence-electron chi connectivity index (χ4n) is 2.68. The van der Waals surface area contributed by atoms with E-state index in [-0.39, 0.29) is 23.5 Å². The summed E-state index contributed by atoms with van der Waals surface area (Å²) in [6, 6.07) is 12.3. The van der Waals surface area contributed by atoms with Crippen molar-refractivity contribution in [1.82, 2.24) is 10.6 Å². The van der Waals surface area contributed by atoms with Crippen molar-refractivity contribution in [2.75, 3.05) is 13.7 Å². The normalized spacial score (nSPS) is 11.7. The van der Waals surface area contributed by atoms with Gasteiger partial charge in [0.1, 0.15) is 17.6 Å². The Labute approximate surface area is 158 Å². The molecule has 2 N–H and O–H groups in total. The molecule has 0 aromatic heterocycles. The zero-order valence-electron chi connectivity index (χ0n) is 15.8. The Morgan fingerprint density at radius 2 is 1.74 bits per heavy atom. The molecule has 0 aliphatic heterocycles. The van der Waals surface area contributed by atoms with Gasteiger partial charge in [-0.25, -0.2) is 4.39 Å². The van der Waals surface area contributed by atoms with Gasteiger partial charge in [0.05, 0.1) is 12.7 Å². The number of hydrogen-bond acceptors (Lipinski definition) is 3. The topological polar surface area (TPSA) is 67.4 Å². The van der Waals surface area contributed by atoms with E-state index in [4.69, 9.17) is 4.74 Å². The zero-order chi connectivity index (χ0) is 19.8. The van der Waals surface area contributed by atoms with E-state index >= 15 is 0 Å². The predicted molar refractivity (Wildman–Crippen MR) is 102 cm³/mol. The van der Waals surface area contributed by atoms with Gasteiger partial charge in [-0.2, -0.15) is 0 Å². The van der Waals surface area contributed by atoms with Crippen LogP contribution in [0.2, 0.25) is 0 Å². The van der Waals surface area contributed by atoms with Gasteiger partial charge in [0.2, 0.25) is 5.91 Å². The molecule has 2 rings (SSSR count). The van der Waals surface area contributed by atoms with Crippen LogP contribution >= 0.6 is 0 Å². The number of methoxy groups -OCH3 is 1. The molecule has 0 heterocycles. The fourth-order valence-corrected chi connectivity index (χ4v) is 2.68. The lowest BCUT2D eigenvalue weighted by molar-refractivity contribution is -0.123. The van der Waals surface area contributed by atoms with Gasteiger partial charge in [-0.15, -0.1) is 0 Å². The Morgan fingerprint density at radius 3 is 2.37 bits per heavy atom. The Morgan fingerprint density at radius 1 is 1.07 bits per heavy atom. The summed E-state index contributed by atoms with van der Waals surface area (Å²) in [6.45, 7) is 4.14. The quantitative estimate of drug-likeness (QED) is 0.749. The van der Waals surface area contributed by atoms with E-state index in [0.29, 0.717) is 24.3 Å². The van der Waals surface area contributed by atoms with Crippen molar-refractivity contribution < 1.29 is 18.7 Å². The molecule has 0 fully saturated rings. The molecule has 0 spiro atoms. The van der Waals surface area contributed by atoms with Crippen molar-refractivity contribution in [3.63, 3.8) is 0 Å². The third-order valence-corrected chi connectivity index (χ3v) is 4.21. The van der Waals surface area contributed by atoms with E-state index < -0.39 is 6.04 Å². The van der Waals surface area contributed by atoms with Crippen LogP contribution in [0.25, 0.3) is 0 Å². The van der Waals surface area contributed by atoms with Crippen LogP contribution in [0.1, 0.15) is 29.8 Å². The minimum atomic E-state index is -0.671. The Balaban J connectivity index is 1.96. The number of carbonyl (C=O) groups excluding carboxylic acids is 2. The summed E-state index contributed by atoms with van der Waals surface area (Å²) >= 11 is 0. The smallest absolute Gasteiger partial charge is 0.255 e. The molecule has 0 aliphatic rings. The maximum atomic E-state index is 12.9. The molecule has 0 saturated heterocycles. The molecule has 2 amide bonds. The van der Waals surface area contributed by atoms with Gasteiger partial charge in [-0.3, -0.25) is 9.59 Å². The summed E-state index contributed by atoms with van der Waals surface area (Å²) in [7, 11) is 1.49. The Hall–Kier alpha value is -2.89. The summed E-state index contributed by atoms with van der Waals surface area (Å²) < 4.78 is 18.1. The minimum absolute atomic E-state index is 0.0884. The standard InChI is InChI=1S/C21H25FN2O3/c1-14(2)19(24-20(25)17-6-4-5-7-18(17)27-3)21(26)23-13-12-15-8-10-16(22)11-9-15/h4-11,14,19H,12-13H2,1-3H3,(H,23,26)(H,24,25)/t19-/m0/s1. The van der Waals surface area contributed by atoms with E-state index in [1.807, 2.05) is 13.8 Å². The lowest BCUT2D eigenvalue weighted by Crippen LogP contribution is -2.50. The van der Waals surface area contributed by atoms with Crippen LogP contribution < -0.4 is 15.4 Å². The molecule has 2 aromatic carbocycles. The summed E-state index contributed by atoms with van der Waals surface area (Å²) in [5.74, 6) is -0.541. The molecule has 144 valence electrons. The first kappa shape index (κ1) is 20.4. The highest BCUT2D eigenvalue weighted by Crippen LogP contribution is 2.17. The highest BCUT2D eigenvalue weighted by atomic mass is 19.1. The summed E-state index contributed by atoms with van der Waals surface area (Å²) in [6.07, 6.45) is 0.581. The lowest BCUT2D eigenvalue weighted by atomic mass is 10.0. The van der Waals surface area contributed by atoms with Crippen molar-refractivity contribution >= 4 is 11.8 Å². The summed E-state index contributed by atoms with van der Waals surface area (Å²) in [4.78, 5) is 25.1. The van der Waals surface area contributed by atoms with Crippen LogP contribution in [-0.4, -0.2) is 31.5 Å². The third-order valence-electron chi connectivity index (χ3n) is 4.21. The fraction of sp³-hybridized carbons (Fsp3) is 0.333. The molecule has 5 nitrogen and oxygen atoms in total. The number of rotatable bonds is 8. The molecular weight excluding hydrogens is 347 g/mol. The number of ether oxygens (including phenoxy) is 1. The predicted octanol–water partition coefficient (Wildman–Crippen LogP) is 2.95. The lowest BCUT2D eigenvalue weighted by Gasteiger charge is -2.22. The summed E-state index contributed by atoms with van der Waals surface area (Å²) in [5, 5.41) is 5.62. The van der Waals surface area contributed by atoms with Gasteiger partial charge < -0.3 is 15.4 Å². The maximum absolute atomic E-state index is 12.9. The number of halogens is 1. The van der Waals surface area contributed by atoms with Crippen LogP contribution in [0.5, 0.6) is 5.75 Å². The molecule has 1 atom stereocenters. The van der Waals surface area contributed by atoms with Gasteiger partial charge in [0.25, 0.3) is 5.91 Å². The third kappa shape index (κ3) is 5.81. The molecule has 0 saturated carbocycles. The molecular formula is C21H25FN2O3. The number of nitrogens with one attached hydrogen (secondary N) is 2. The maximum Gasteiger partial charge on any atom is 0.255 e. The van der Waals surface area contributed by atoms with Crippen LogP contribution in [-0.2, 0) is 11.2 Å². The summed E-state index contributed by atoms with van der Waals surface area (Å²) in [5.41, 5.74) is 1.31. The molecule has 0 radical (unpaired) electrons. The van der Waals surface area contributed by atoms with Crippen molar-refractivity contribution in [2.45, 2.75) is 26.3 Å². The SMILES string of the molecule is COc1ccccc1C(=O)N[C@H](C(=O)NCCc1ccc(F)cc1)C(C)C. The van der Waals surface area contributed by atoms with Crippen molar-refractivity contribution in [2.24, 2.45) is 5.92 Å². The second kappa shape index (κ2) is 9.71. The number of para-hydroxylation sites is 1. The minimum Gasteiger partial charge on any atom is -0.496 e. The molecule has 0 aliphatic carbocycles. The number of benzene rings is 2. The highest BCUT2D eigenvalue weighted by molar-refractivity contribution is 5.99. The molecule has 27 heavy (non-hydrogen) atoms. The monoisotopic (exact) mass is 372 g/mol. The number of hydrogen-bond donors (Lipinski definition) is 2. The zero-order valence-corrected chi connectivity index (χ0v) is 15.8. The van der Waals surface area contributed by atoms with Crippen LogP contribution in [0.3, 0.4) is 0 Å². The molecule has 0 unspecified atom stereocenters. The second-order valence-electron chi connectivity index (χ2n) is 6.56. The van der Waals surface area contributed by atoms with E-state index in [2.05, 4.69) is 10.6 Å². The Kier molecular flexibility index (Phi) is 7.34. The first-order valence-electron chi connectivity index (χ1n) is 8.88. The van der Waals surface area contributed by atoms with E-state index in [0.717, 1.165) is 5.56 Å². The van der Waals surface area contributed by atoms with Gasteiger partial charge in [-0.1, -0.05) is 38.1 Å². The molecule has 6 heteroatoms. The average Bonchev–Trinajstić information content (AvgIpc) is 2.67. The van der Waals surface area contributed by atoms with Crippen LogP contribution in [0.15, 0.2) is 48.5 Å². The van der Waals surface area contributed by atoms with Crippen molar-refractivity contribution in [3.8, 4) is 5.75 Å². The first-order chi connectivity index (χ1) is 12.9. The van der Waals surface area contributed by atoms with Gasteiger partial charge >= 0.3 is 0 Å². The van der Waals surface area contributed by atoms with E-state index in [9.17, 15) is 14.0 Å². The van der Waals surface area contributed by atoms with E-state index in [1.54, 1.807) is 36.4 Å². The van der Waals surface area contributed by atoms with Gasteiger partial charge in [0.15, 0.2) is 0 Å². The molecule has 2 aromatic rings. The van der Waals surface area contributed by atoms with Crippen molar-refractivity contribution in [3.05, 3.63) is 65.5 Å². The van der Waals surface area contributed by atoms with Gasteiger partial charge in [0, 0.05) is 6.54 Å². The number of amides is 2. The van der Waals surface area contributed by atoms with Crippen molar-refractivity contribution in [1.29, 1.82) is 0 Å². The van der Waals surface area contributed by atoms with E-state index in [1.165, 1.54) is 19.2 Å². The largest absolute Gasteiger partial charge is 0.496 e. The second-order valence-corrected chi connectivity index (χ2v) is 6.56. The highest BCUT2D eigenvalue weighted by Gasteiger charge is 2.25. The first-order valence-corrected chi connectivity index (χ1v) is 8.88. The molecule has 0 bridgehead atoms.